The number of allylic oxidation sites excluding steroid dienone is 2. The van der Waals surface area contributed by atoms with E-state index in [0.29, 0.717) is 0 Å². The third-order valence-corrected chi connectivity index (χ3v) is 8.60. The van der Waals surface area contributed by atoms with Gasteiger partial charge in [0.25, 0.3) is 0 Å². The maximum atomic E-state index is 12.7. The number of hydrogen-bond acceptors (Lipinski definition) is 3. The number of carbonyl (C=O) groups is 1. The van der Waals surface area contributed by atoms with Gasteiger partial charge in [0.15, 0.2) is 0 Å². The van der Waals surface area contributed by atoms with Crippen LogP contribution in [0.2, 0.25) is 0 Å². The molecule has 1 unspecified atom stereocenters. The summed E-state index contributed by atoms with van der Waals surface area (Å²) in [6, 6.07) is -0.546. The third kappa shape index (κ3) is 29.0. The second-order valence-corrected chi connectivity index (χ2v) is 12.7. The van der Waals surface area contributed by atoms with Crippen LogP contribution in [0.3, 0.4) is 0 Å². The Morgan fingerprint density at radius 1 is 0.512 bits per heavy atom. The van der Waals surface area contributed by atoms with Crippen LogP contribution in [0.25, 0.3) is 0 Å². The fraction of sp³-hybridized carbons (Fsp3) is 0.919. The lowest BCUT2D eigenvalue weighted by Gasteiger charge is -2.25. The van der Waals surface area contributed by atoms with Crippen LogP contribution in [0, 0.1) is 0 Å². The molecular formula is C37H75N3O. The van der Waals surface area contributed by atoms with E-state index in [9.17, 15) is 4.79 Å². The summed E-state index contributed by atoms with van der Waals surface area (Å²) >= 11 is 0. The number of rotatable bonds is 33. The molecule has 0 aliphatic carbocycles. The van der Waals surface area contributed by atoms with Crippen LogP contribution < -0.4 is 11.5 Å². The highest BCUT2D eigenvalue weighted by Crippen LogP contribution is 2.14. The SMILES string of the molecule is CCCCCCCC/C=C\CCCCCCCCN(CCCCCCCCCCCCCCCC)C(=O)C(N)CN. The summed E-state index contributed by atoms with van der Waals surface area (Å²) in [5.41, 5.74) is 11.7. The van der Waals surface area contributed by atoms with Crippen LogP contribution >= 0.6 is 0 Å². The molecule has 0 aromatic rings. The largest absolute Gasteiger partial charge is 0.341 e. The Bertz CT molecular complexity index is 550. The molecule has 4 heteroatoms. The number of amides is 1. The van der Waals surface area contributed by atoms with E-state index in [1.165, 1.54) is 167 Å². The van der Waals surface area contributed by atoms with Crippen LogP contribution in [-0.4, -0.2) is 36.5 Å². The minimum absolute atomic E-state index is 0.0509. The summed E-state index contributed by atoms with van der Waals surface area (Å²) in [5, 5.41) is 0. The minimum Gasteiger partial charge on any atom is -0.341 e. The number of nitrogens with zero attached hydrogens (tertiary/aromatic N) is 1. The van der Waals surface area contributed by atoms with Crippen molar-refractivity contribution in [3.05, 3.63) is 12.2 Å². The summed E-state index contributed by atoms with van der Waals surface area (Å²) < 4.78 is 0. The molecule has 0 saturated heterocycles. The fourth-order valence-electron chi connectivity index (χ4n) is 5.71. The molecule has 4 nitrogen and oxygen atoms in total. The lowest BCUT2D eigenvalue weighted by Crippen LogP contribution is -2.48. The molecule has 41 heavy (non-hydrogen) atoms. The molecule has 244 valence electrons. The van der Waals surface area contributed by atoms with E-state index >= 15 is 0 Å². The highest BCUT2D eigenvalue weighted by atomic mass is 16.2. The Kier molecular flexibility index (Phi) is 32.9. The molecule has 0 heterocycles. The molecule has 1 amide bonds. The Hall–Kier alpha value is -0.870. The van der Waals surface area contributed by atoms with Crippen LogP contribution in [0.15, 0.2) is 12.2 Å². The zero-order valence-corrected chi connectivity index (χ0v) is 28.2. The number of hydrogen-bond donors (Lipinski definition) is 2. The average Bonchev–Trinajstić information content (AvgIpc) is 2.99. The summed E-state index contributed by atoms with van der Waals surface area (Å²) in [6.07, 6.45) is 42.0. The molecule has 0 radical (unpaired) electrons. The van der Waals surface area contributed by atoms with Gasteiger partial charge in [-0.3, -0.25) is 4.79 Å². The summed E-state index contributed by atoms with van der Waals surface area (Å²) in [5.74, 6) is 0.0509. The van der Waals surface area contributed by atoms with Gasteiger partial charge in [-0.2, -0.15) is 0 Å². The van der Waals surface area contributed by atoms with Gasteiger partial charge in [-0.05, 0) is 38.5 Å². The zero-order valence-electron chi connectivity index (χ0n) is 28.2. The quantitative estimate of drug-likeness (QED) is 0.0602. The Morgan fingerprint density at radius 2 is 0.805 bits per heavy atom. The monoisotopic (exact) mass is 578 g/mol. The van der Waals surface area contributed by atoms with Crippen molar-refractivity contribution in [2.75, 3.05) is 19.6 Å². The van der Waals surface area contributed by atoms with E-state index in [4.69, 9.17) is 11.5 Å². The topological polar surface area (TPSA) is 72.3 Å². The Labute approximate surface area is 258 Å². The van der Waals surface area contributed by atoms with Crippen molar-refractivity contribution >= 4 is 5.91 Å². The second-order valence-electron chi connectivity index (χ2n) is 12.7. The molecule has 0 bridgehead atoms. The predicted molar refractivity (Wildman–Crippen MR) is 183 cm³/mol. The Morgan fingerprint density at radius 3 is 1.12 bits per heavy atom. The lowest BCUT2D eigenvalue weighted by atomic mass is 10.0. The van der Waals surface area contributed by atoms with E-state index in [0.717, 1.165) is 25.9 Å². The summed E-state index contributed by atoms with van der Waals surface area (Å²) in [7, 11) is 0. The van der Waals surface area contributed by atoms with Crippen molar-refractivity contribution in [3.8, 4) is 0 Å². The van der Waals surface area contributed by atoms with Gasteiger partial charge < -0.3 is 16.4 Å². The molecule has 0 aliphatic rings. The average molecular weight is 578 g/mol. The van der Waals surface area contributed by atoms with Gasteiger partial charge in [-0.25, -0.2) is 0 Å². The molecule has 0 aromatic carbocycles. The normalized spacial score (nSPS) is 12.4. The van der Waals surface area contributed by atoms with E-state index in [1.807, 2.05) is 4.90 Å². The van der Waals surface area contributed by atoms with Crippen molar-refractivity contribution < 1.29 is 4.79 Å². The van der Waals surface area contributed by atoms with Crippen molar-refractivity contribution in [3.63, 3.8) is 0 Å². The van der Waals surface area contributed by atoms with Gasteiger partial charge in [-0.15, -0.1) is 0 Å². The van der Waals surface area contributed by atoms with E-state index < -0.39 is 6.04 Å². The van der Waals surface area contributed by atoms with Crippen LogP contribution in [0.4, 0.5) is 0 Å². The van der Waals surface area contributed by atoms with E-state index in [2.05, 4.69) is 26.0 Å². The van der Waals surface area contributed by atoms with Crippen LogP contribution in [0.1, 0.15) is 194 Å². The van der Waals surface area contributed by atoms with Crippen LogP contribution in [0.5, 0.6) is 0 Å². The standard InChI is InChI=1S/C37H75N3O/c1-3-5-7-9-11-13-15-17-19-20-22-24-26-28-30-32-34-40(37(41)36(39)35-38)33-31-29-27-25-23-21-18-16-14-12-10-8-6-4-2/h17,19,36H,3-16,18,20-35,38-39H2,1-2H3/b19-17-. The third-order valence-electron chi connectivity index (χ3n) is 8.60. The van der Waals surface area contributed by atoms with Crippen molar-refractivity contribution in [2.45, 2.75) is 200 Å². The number of nitrogens with two attached hydrogens (primary N) is 2. The molecule has 1 atom stereocenters. The molecule has 0 spiro atoms. The second kappa shape index (κ2) is 33.6. The molecule has 0 rings (SSSR count). The molecule has 0 fully saturated rings. The molecular weight excluding hydrogens is 502 g/mol. The van der Waals surface area contributed by atoms with E-state index in [1.54, 1.807) is 0 Å². The summed E-state index contributed by atoms with van der Waals surface area (Å²) in [6.45, 7) is 6.49. The smallest absolute Gasteiger partial charge is 0.240 e. The minimum atomic E-state index is -0.546. The summed E-state index contributed by atoms with van der Waals surface area (Å²) in [4.78, 5) is 14.8. The lowest BCUT2D eigenvalue weighted by molar-refractivity contribution is -0.132. The van der Waals surface area contributed by atoms with Gasteiger partial charge in [0.2, 0.25) is 5.91 Å². The van der Waals surface area contributed by atoms with Gasteiger partial charge in [0, 0.05) is 19.6 Å². The van der Waals surface area contributed by atoms with Crippen molar-refractivity contribution in [1.29, 1.82) is 0 Å². The first-order valence-electron chi connectivity index (χ1n) is 18.6. The van der Waals surface area contributed by atoms with Crippen molar-refractivity contribution in [1.82, 2.24) is 4.90 Å². The molecule has 0 aromatic heterocycles. The zero-order chi connectivity index (χ0) is 30.1. The van der Waals surface area contributed by atoms with Gasteiger partial charge in [-0.1, -0.05) is 167 Å². The first-order valence-corrected chi connectivity index (χ1v) is 18.6. The van der Waals surface area contributed by atoms with E-state index in [-0.39, 0.29) is 12.5 Å². The molecule has 4 N–H and O–H groups in total. The first-order chi connectivity index (χ1) is 20.2. The Balaban J connectivity index is 3.76. The molecule has 0 saturated carbocycles. The highest BCUT2D eigenvalue weighted by molar-refractivity contribution is 5.81. The predicted octanol–water partition coefficient (Wildman–Crippen LogP) is 10.6. The van der Waals surface area contributed by atoms with Crippen molar-refractivity contribution in [2.24, 2.45) is 11.5 Å². The highest BCUT2D eigenvalue weighted by Gasteiger charge is 2.19. The van der Waals surface area contributed by atoms with Crippen LogP contribution in [-0.2, 0) is 4.79 Å². The first kappa shape index (κ1) is 40.1. The van der Waals surface area contributed by atoms with Gasteiger partial charge in [0.1, 0.15) is 0 Å². The maximum Gasteiger partial charge on any atom is 0.240 e. The van der Waals surface area contributed by atoms with Gasteiger partial charge >= 0.3 is 0 Å². The van der Waals surface area contributed by atoms with Gasteiger partial charge in [0.05, 0.1) is 6.04 Å². The fourth-order valence-corrected chi connectivity index (χ4v) is 5.71. The molecule has 0 aliphatic heterocycles. The number of unbranched alkanes of at least 4 members (excludes halogenated alkanes) is 25. The number of carbonyl (C=O) groups excluding carboxylic acids is 1. The maximum absolute atomic E-state index is 12.7.